The molecule has 1 saturated heterocycles. The van der Waals surface area contributed by atoms with E-state index in [0.717, 1.165) is 67.5 Å². The molecule has 4 amide bonds. The van der Waals surface area contributed by atoms with Crippen LogP contribution in [0.3, 0.4) is 0 Å². The maximum atomic E-state index is 13.3. The molecule has 4 aliphatic rings. The number of carbonyl (C=O) groups excluding carboxylic acids is 3. The number of urea groups is 1. The highest BCUT2D eigenvalue weighted by atomic mass is 32.1. The number of nitrogens with zero attached hydrogens (tertiary/aromatic N) is 2. The summed E-state index contributed by atoms with van der Waals surface area (Å²) in [4.78, 5) is 43.4. The molecular weight excluding hydrogens is 374 g/mol. The molecule has 0 bridgehead atoms. The van der Waals surface area contributed by atoms with Crippen LogP contribution in [0.2, 0.25) is 0 Å². The topological polar surface area (TPSA) is 69.7 Å². The van der Waals surface area contributed by atoms with Crippen LogP contribution in [0.5, 0.6) is 0 Å². The fourth-order valence-corrected chi connectivity index (χ4v) is 5.87. The molecule has 6 nitrogen and oxygen atoms in total. The molecule has 7 heteroatoms. The third-order valence-corrected chi connectivity index (χ3v) is 7.37. The summed E-state index contributed by atoms with van der Waals surface area (Å²) in [6.07, 6.45) is 10.7. The number of thiophene rings is 1. The average Bonchev–Trinajstić information content (AvgIpc) is 3.35. The van der Waals surface area contributed by atoms with E-state index in [1.807, 2.05) is 16.3 Å². The summed E-state index contributed by atoms with van der Waals surface area (Å²) < 4.78 is 0. The highest BCUT2D eigenvalue weighted by Crippen LogP contribution is 2.42. The maximum Gasteiger partial charge on any atom is 0.325 e. The first kappa shape index (κ1) is 17.9. The lowest BCUT2D eigenvalue weighted by atomic mass is 9.80. The molecule has 0 aromatic carbocycles. The summed E-state index contributed by atoms with van der Waals surface area (Å²) in [6, 6.07) is 1.75. The zero-order chi connectivity index (χ0) is 19.3. The quantitative estimate of drug-likeness (QED) is 0.790. The van der Waals surface area contributed by atoms with Crippen LogP contribution < -0.4 is 5.32 Å². The Labute approximate surface area is 168 Å². The van der Waals surface area contributed by atoms with E-state index < -0.39 is 11.6 Å². The highest BCUT2D eigenvalue weighted by Gasteiger charge is 2.55. The molecule has 1 unspecified atom stereocenters. The van der Waals surface area contributed by atoms with Crippen molar-refractivity contribution < 1.29 is 14.4 Å². The number of hydrogen-bond donors (Lipinski definition) is 1. The molecular formula is C21H25N3O3S. The first-order valence-electron chi connectivity index (χ1n) is 10.3. The number of amides is 4. The SMILES string of the molecule is O=C1NC2(CCCc3sccc32)C(=O)N1CC(=O)N(C1=CCCCC1)C1CC1. The summed E-state index contributed by atoms with van der Waals surface area (Å²) in [5.41, 5.74) is 1.03. The lowest BCUT2D eigenvalue weighted by Gasteiger charge is -2.31. The Balaban J connectivity index is 1.39. The molecule has 1 aromatic rings. The summed E-state index contributed by atoms with van der Waals surface area (Å²) in [5.74, 6) is -0.392. The zero-order valence-electron chi connectivity index (χ0n) is 15.9. The number of carbonyl (C=O) groups is 3. The normalized spacial score (nSPS) is 26.9. The Hall–Kier alpha value is -2.15. The van der Waals surface area contributed by atoms with Crippen molar-refractivity contribution in [3.05, 3.63) is 33.7 Å². The van der Waals surface area contributed by atoms with Crippen LogP contribution in [0.4, 0.5) is 4.79 Å². The van der Waals surface area contributed by atoms with Crippen LogP contribution in [0.25, 0.3) is 0 Å². The Morgan fingerprint density at radius 3 is 2.86 bits per heavy atom. The molecule has 1 saturated carbocycles. The molecule has 1 aliphatic heterocycles. The molecule has 2 fully saturated rings. The number of imide groups is 1. The molecule has 1 spiro atoms. The minimum atomic E-state index is -0.973. The second-order valence-corrected chi connectivity index (χ2v) is 9.27. The van der Waals surface area contributed by atoms with Crippen LogP contribution in [0.1, 0.15) is 61.8 Å². The second kappa shape index (κ2) is 6.72. The van der Waals surface area contributed by atoms with Gasteiger partial charge in [-0.3, -0.25) is 14.5 Å². The Kier molecular flexibility index (Phi) is 4.30. The number of nitrogens with one attached hydrogen (secondary N) is 1. The number of allylic oxidation sites excluding steroid dienone is 2. The van der Waals surface area contributed by atoms with E-state index in [1.54, 1.807) is 11.3 Å². The maximum absolute atomic E-state index is 13.3. The monoisotopic (exact) mass is 399 g/mol. The van der Waals surface area contributed by atoms with E-state index in [9.17, 15) is 14.4 Å². The first-order valence-corrected chi connectivity index (χ1v) is 11.2. The summed E-state index contributed by atoms with van der Waals surface area (Å²) in [7, 11) is 0. The van der Waals surface area contributed by atoms with E-state index in [0.29, 0.717) is 6.42 Å². The van der Waals surface area contributed by atoms with Crippen LogP contribution in [-0.4, -0.2) is 40.2 Å². The van der Waals surface area contributed by atoms with Gasteiger partial charge in [-0.25, -0.2) is 4.79 Å². The van der Waals surface area contributed by atoms with E-state index in [2.05, 4.69) is 11.4 Å². The summed E-state index contributed by atoms with van der Waals surface area (Å²) >= 11 is 1.64. The van der Waals surface area contributed by atoms with Crippen molar-refractivity contribution in [3.63, 3.8) is 0 Å². The standard InChI is InChI=1S/C21H25N3O3S/c25-18(24(15-8-9-15)14-5-2-1-3-6-14)13-23-19(26)21(22-20(23)27)11-4-7-17-16(21)10-12-28-17/h5,10,12,15H,1-4,6-9,11,13H2,(H,22,27). The number of rotatable bonds is 4. The van der Waals surface area contributed by atoms with Gasteiger partial charge >= 0.3 is 6.03 Å². The fourth-order valence-electron chi connectivity index (χ4n) is 4.87. The highest BCUT2D eigenvalue weighted by molar-refractivity contribution is 7.10. The van der Waals surface area contributed by atoms with E-state index in [-0.39, 0.29) is 24.4 Å². The molecule has 3 aliphatic carbocycles. The lowest BCUT2D eigenvalue weighted by molar-refractivity contribution is -0.138. The van der Waals surface area contributed by atoms with Gasteiger partial charge in [-0.1, -0.05) is 6.08 Å². The Morgan fingerprint density at radius 2 is 2.11 bits per heavy atom. The largest absolute Gasteiger partial charge is 0.325 e. The van der Waals surface area contributed by atoms with E-state index in [1.165, 1.54) is 4.88 Å². The molecule has 1 N–H and O–H groups in total. The van der Waals surface area contributed by atoms with Gasteiger partial charge in [0.15, 0.2) is 0 Å². The Morgan fingerprint density at radius 1 is 1.25 bits per heavy atom. The van der Waals surface area contributed by atoms with Gasteiger partial charge in [-0.05, 0) is 69.2 Å². The van der Waals surface area contributed by atoms with Crippen LogP contribution in [0, 0.1) is 0 Å². The summed E-state index contributed by atoms with van der Waals surface area (Å²) in [5, 5.41) is 4.92. The van der Waals surface area contributed by atoms with Gasteiger partial charge in [0.1, 0.15) is 12.1 Å². The van der Waals surface area contributed by atoms with Crippen molar-refractivity contribution in [1.82, 2.24) is 15.1 Å². The molecule has 28 heavy (non-hydrogen) atoms. The predicted octanol–water partition coefficient (Wildman–Crippen LogP) is 3.28. The second-order valence-electron chi connectivity index (χ2n) is 8.27. The smallest absolute Gasteiger partial charge is 0.319 e. The molecule has 0 radical (unpaired) electrons. The lowest BCUT2D eigenvalue weighted by Crippen LogP contribution is -2.47. The average molecular weight is 400 g/mol. The Bertz CT molecular complexity index is 872. The third kappa shape index (κ3) is 2.79. The van der Waals surface area contributed by atoms with Crippen LogP contribution in [0.15, 0.2) is 23.2 Å². The summed E-state index contributed by atoms with van der Waals surface area (Å²) in [6.45, 7) is -0.167. The van der Waals surface area contributed by atoms with E-state index in [4.69, 9.17) is 0 Å². The van der Waals surface area contributed by atoms with Gasteiger partial charge < -0.3 is 10.2 Å². The van der Waals surface area contributed by atoms with Gasteiger partial charge in [0.25, 0.3) is 5.91 Å². The first-order chi connectivity index (χ1) is 13.6. The zero-order valence-corrected chi connectivity index (χ0v) is 16.7. The van der Waals surface area contributed by atoms with Crippen LogP contribution >= 0.6 is 11.3 Å². The number of hydrogen-bond acceptors (Lipinski definition) is 4. The van der Waals surface area contributed by atoms with Crippen molar-refractivity contribution in [2.75, 3.05) is 6.54 Å². The van der Waals surface area contributed by atoms with Crippen molar-refractivity contribution >= 4 is 29.2 Å². The van der Waals surface area contributed by atoms with Gasteiger partial charge in [0.2, 0.25) is 5.91 Å². The van der Waals surface area contributed by atoms with Crippen molar-refractivity contribution in [2.24, 2.45) is 0 Å². The van der Waals surface area contributed by atoms with E-state index >= 15 is 0 Å². The predicted molar refractivity (Wildman–Crippen MR) is 106 cm³/mol. The fraction of sp³-hybridized carbons (Fsp3) is 0.571. The minimum Gasteiger partial charge on any atom is -0.319 e. The van der Waals surface area contributed by atoms with Crippen molar-refractivity contribution in [2.45, 2.75) is 69.4 Å². The van der Waals surface area contributed by atoms with Crippen molar-refractivity contribution in [3.8, 4) is 0 Å². The molecule has 148 valence electrons. The number of fused-ring (bicyclic) bond motifs is 2. The van der Waals surface area contributed by atoms with Gasteiger partial charge in [0.05, 0.1) is 0 Å². The third-order valence-electron chi connectivity index (χ3n) is 6.39. The minimum absolute atomic E-state index is 0.127. The van der Waals surface area contributed by atoms with Gasteiger partial charge in [-0.15, -0.1) is 11.3 Å². The number of aryl methyl sites for hydroxylation is 1. The van der Waals surface area contributed by atoms with Gasteiger partial charge in [-0.2, -0.15) is 0 Å². The molecule has 5 rings (SSSR count). The van der Waals surface area contributed by atoms with Crippen molar-refractivity contribution in [1.29, 1.82) is 0 Å². The van der Waals surface area contributed by atoms with Crippen LogP contribution in [-0.2, 0) is 21.5 Å². The molecule has 1 aromatic heterocycles. The molecule has 2 heterocycles. The molecule has 1 atom stereocenters. The van der Waals surface area contributed by atoms with Gasteiger partial charge in [0, 0.05) is 22.2 Å².